The molecule has 0 saturated heterocycles. The van der Waals surface area contributed by atoms with Crippen LogP contribution in [-0.4, -0.2) is 38.0 Å². The molecule has 0 aliphatic carbocycles. The van der Waals surface area contributed by atoms with Crippen molar-refractivity contribution < 1.29 is 28.3 Å². The summed E-state index contributed by atoms with van der Waals surface area (Å²) in [6.07, 6.45) is 2.25. The molecule has 0 unspecified atom stereocenters. The predicted molar refractivity (Wildman–Crippen MR) is 105 cm³/mol. The Hall–Kier alpha value is -3.49. The first-order chi connectivity index (χ1) is 13.9. The van der Waals surface area contributed by atoms with E-state index < -0.39 is 17.7 Å². The summed E-state index contributed by atoms with van der Waals surface area (Å²) in [6, 6.07) is 7.75. The third-order valence-electron chi connectivity index (χ3n) is 3.85. The monoisotopic (exact) mass is 403 g/mol. The van der Waals surface area contributed by atoms with Crippen molar-refractivity contribution in [2.75, 3.05) is 20.3 Å². The Labute approximate surface area is 168 Å². The van der Waals surface area contributed by atoms with E-state index in [2.05, 4.69) is 30.0 Å². The third kappa shape index (κ3) is 6.87. The minimum atomic E-state index is -0.598. The molecule has 1 heterocycles. The minimum absolute atomic E-state index is 0.0876. The SMILES string of the molecule is COc1cc(C(=O)NNC(=O)CNC(=O)c2ccco2)ccc1OCCC(C)C. The molecule has 156 valence electrons. The van der Waals surface area contributed by atoms with Crippen LogP contribution in [0.4, 0.5) is 0 Å². The summed E-state index contributed by atoms with van der Waals surface area (Å²) in [4.78, 5) is 35.7. The molecule has 9 nitrogen and oxygen atoms in total. The molecule has 0 atom stereocenters. The van der Waals surface area contributed by atoms with Gasteiger partial charge in [0, 0.05) is 5.56 Å². The van der Waals surface area contributed by atoms with Crippen molar-refractivity contribution >= 4 is 17.7 Å². The number of carbonyl (C=O) groups excluding carboxylic acids is 3. The molecule has 1 aromatic heterocycles. The van der Waals surface area contributed by atoms with Crippen molar-refractivity contribution in [2.24, 2.45) is 5.92 Å². The molecule has 0 spiro atoms. The standard InChI is InChI=1S/C20H25N3O6/c1-13(2)8-10-29-15-7-6-14(11-17(15)27-3)19(25)23-22-18(24)12-21-20(26)16-5-4-9-28-16/h4-7,9,11,13H,8,10,12H2,1-3H3,(H,21,26)(H,22,24)(H,23,25). The van der Waals surface area contributed by atoms with Crippen molar-refractivity contribution in [3.63, 3.8) is 0 Å². The number of hydrogen-bond acceptors (Lipinski definition) is 6. The lowest BCUT2D eigenvalue weighted by Gasteiger charge is -2.13. The van der Waals surface area contributed by atoms with Gasteiger partial charge < -0.3 is 19.2 Å². The summed E-state index contributed by atoms with van der Waals surface area (Å²) in [5.74, 6) is -0.119. The number of amides is 3. The van der Waals surface area contributed by atoms with Crippen LogP contribution in [0.25, 0.3) is 0 Å². The first kappa shape index (κ1) is 21.8. The van der Waals surface area contributed by atoms with E-state index in [0.717, 1.165) is 6.42 Å². The van der Waals surface area contributed by atoms with Gasteiger partial charge in [0.15, 0.2) is 17.3 Å². The molecule has 0 radical (unpaired) electrons. The first-order valence-corrected chi connectivity index (χ1v) is 9.12. The smallest absolute Gasteiger partial charge is 0.287 e. The minimum Gasteiger partial charge on any atom is -0.493 e. The highest BCUT2D eigenvalue weighted by molar-refractivity contribution is 5.97. The van der Waals surface area contributed by atoms with Crippen LogP contribution in [0.15, 0.2) is 41.0 Å². The Morgan fingerprint density at radius 1 is 1.07 bits per heavy atom. The van der Waals surface area contributed by atoms with Crippen molar-refractivity contribution in [2.45, 2.75) is 20.3 Å². The second-order valence-corrected chi connectivity index (χ2v) is 6.56. The van der Waals surface area contributed by atoms with Gasteiger partial charge in [-0.15, -0.1) is 0 Å². The summed E-state index contributed by atoms with van der Waals surface area (Å²) in [7, 11) is 1.48. The van der Waals surface area contributed by atoms with E-state index in [-0.39, 0.29) is 17.9 Å². The molecule has 0 saturated carbocycles. The molecule has 2 rings (SSSR count). The zero-order valence-corrected chi connectivity index (χ0v) is 16.6. The Bertz CT molecular complexity index is 833. The molecule has 3 N–H and O–H groups in total. The molecule has 0 aliphatic rings. The van der Waals surface area contributed by atoms with Crippen molar-refractivity contribution in [1.29, 1.82) is 0 Å². The Morgan fingerprint density at radius 2 is 1.86 bits per heavy atom. The van der Waals surface area contributed by atoms with Crippen LogP contribution in [0.3, 0.4) is 0 Å². The lowest BCUT2D eigenvalue weighted by Crippen LogP contribution is -2.46. The van der Waals surface area contributed by atoms with Crippen molar-refractivity contribution in [3.8, 4) is 11.5 Å². The maximum atomic E-state index is 12.2. The number of hydrazine groups is 1. The van der Waals surface area contributed by atoms with Crippen LogP contribution in [0.5, 0.6) is 11.5 Å². The maximum Gasteiger partial charge on any atom is 0.287 e. The molecule has 0 bridgehead atoms. The van der Waals surface area contributed by atoms with Gasteiger partial charge in [-0.2, -0.15) is 0 Å². The van der Waals surface area contributed by atoms with Crippen LogP contribution < -0.4 is 25.6 Å². The summed E-state index contributed by atoms with van der Waals surface area (Å²) in [5, 5.41) is 2.37. The topological polar surface area (TPSA) is 119 Å². The highest BCUT2D eigenvalue weighted by Crippen LogP contribution is 2.28. The highest BCUT2D eigenvalue weighted by atomic mass is 16.5. The van der Waals surface area contributed by atoms with E-state index in [9.17, 15) is 14.4 Å². The largest absolute Gasteiger partial charge is 0.493 e. The number of methoxy groups -OCH3 is 1. The maximum absolute atomic E-state index is 12.2. The van der Waals surface area contributed by atoms with Crippen LogP contribution in [0.1, 0.15) is 41.2 Å². The zero-order valence-electron chi connectivity index (χ0n) is 16.6. The number of nitrogens with one attached hydrogen (secondary N) is 3. The van der Waals surface area contributed by atoms with E-state index in [0.29, 0.717) is 24.0 Å². The van der Waals surface area contributed by atoms with E-state index in [1.807, 2.05) is 0 Å². The van der Waals surface area contributed by atoms with E-state index in [1.54, 1.807) is 18.2 Å². The quantitative estimate of drug-likeness (QED) is 0.550. The van der Waals surface area contributed by atoms with Crippen LogP contribution in [-0.2, 0) is 4.79 Å². The molecule has 29 heavy (non-hydrogen) atoms. The van der Waals surface area contributed by atoms with Crippen LogP contribution >= 0.6 is 0 Å². The van der Waals surface area contributed by atoms with E-state index >= 15 is 0 Å². The Morgan fingerprint density at radius 3 is 2.52 bits per heavy atom. The fourth-order valence-electron chi connectivity index (χ4n) is 2.23. The van der Waals surface area contributed by atoms with Gasteiger partial charge in [-0.25, -0.2) is 0 Å². The number of furan rings is 1. The number of benzene rings is 1. The average molecular weight is 403 g/mol. The summed E-state index contributed by atoms with van der Waals surface area (Å²) in [6.45, 7) is 4.42. The molecule has 9 heteroatoms. The van der Waals surface area contributed by atoms with Gasteiger partial charge in [0.2, 0.25) is 0 Å². The molecule has 2 aromatic rings. The molecule has 0 aliphatic heterocycles. The molecular weight excluding hydrogens is 378 g/mol. The Balaban J connectivity index is 1.83. The number of hydrogen-bond donors (Lipinski definition) is 3. The van der Waals surface area contributed by atoms with Gasteiger partial charge in [-0.1, -0.05) is 13.8 Å². The van der Waals surface area contributed by atoms with Gasteiger partial charge in [0.1, 0.15) is 0 Å². The van der Waals surface area contributed by atoms with Crippen molar-refractivity contribution in [3.05, 3.63) is 47.9 Å². The third-order valence-corrected chi connectivity index (χ3v) is 3.85. The van der Waals surface area contributed by atoms with Crippen molar-refractivity contribution in [1.82, 2.24) is 16.2 Å². The fourth-order valence-corrected chi connectivity index (χ4v) is 2.23. The summed E-state index contributed by atoms with van der Waals surface area (Å²) >= 11 is 0. The second-order valence-electron chi connectivity index (χ2n) is 6.56. The predicted octanol–water partition coefficient (Wildman–Crippen LogP) is 1.90. The lowest BCUT2D eigenvalue weighted by molar-refractivity contribution is -0.120. The van der Waals surface area contributed by atoms with Gasteiger partial charge >= 0.3 is 0 Å². The normalized spacial score (nSPS) is 10.3. The second kappa shape index (κ2) is 10.7. The summed E-state index contributed by atoms with van der Waals surface area (Å²) in [5.41, 5.74) is 4.78. The fraction of sp³-hybridized carbons (Fsp3) is 0.350. The number of rotatable bonds is 9. The zero-order chi connectivity index (χ0) is 21.2. The summed E-state index contributed by atoms with van der Waals surface area (Å²) < 4.78 is 15.9. The average Bonchev–Trinajstić information content (AvgIpc) is 3.25. The van der Waals surface area contributed by atoms with Crippen LogP contribution in [0.2, 0.25) is 0 Å². The first-order valence-electron chi connectivity index (χ1n) is 9.12. The Kier molecular flexibility index (Phi) is 8.08. The van der Waals surface area contributed by atoms with Crippen LogP contribution in [0, 0.1) is 5.92 Å². The highest BCUT2D eigenvalue weighted by Gasteiger charge is 2.14. The molecule has 3 amide bonds. The van der Waals surface area contributed by atoms with Gasteiger partial charge in [-0.3, -0.25) is 25.2 Å². The van der Waals surface area contributed by atoms with E-state index in [4.69, 9.17) is 13.9 Å². The molecule has 1 aromatic carbocycles. The van der Waals surface area contributed by atoms with Gasteiger partial charge in [0.25, 0.3) is 17.7 Å². The lowest BCUT2D eigenvalue weighted by atomic mass is 10.1. The number of carbonyl (C=O) groups is 3. The molecule has 0 fully saturated rings. The van der Waals surface area contributed by atoms with E-state index in [1.165, 1.54) is 25.5 Å². The molecular formula is C20H25N3O6. The number of ether oxygens (including phenoxy) is 2. The van der Waals surface area contributed by atoms with Gasteiger partial charge in [0.05, 0.1) is 26.5 Å². The van der Waals surface area contributed by atoms with Gasteiger partial charge in [-0.05, 0) is 42.7 Å².